The first-order valence-electron chi connectivity index (χ1n) is 5.99. The average Bonchev–Trinajstić information content (AvgIpc) is 2.35. The lowest BCUT2D eigenvalue weighted by Crippen LogP contribution is -2.09. The third-order valence-corrected chi connectivity index (χ3v) is 2.23. The molecule has 1 rings (SSSR count). The Labute approximate surface area is 106 Å². The molecule has 0 aliphatic carbocycles. The van der Waals surface area contributed by atoms with Crippen LogP contribution in [0.4, 0.5) is 11.5 Å². The first kappa shape index (κ1) is 14.1. The van der Waals surface area contributed by atoms with Crippen molar-refractivity contribution in [3.8, 4) is 5.88 Å². The molecule has 18 heavy (non-hydrogen) atoms. The number of rotatable bonds is 7. The highest BCUT2D eigenvalue weighted by Crippen LogP contribution is 2.31. The van der Waals surface area contributed by atoms with Gasteiger partial charge in [0.2, 0.25) is 5.82 Å². The van der Waals surface area contributed by atoms with E-state index in [2.05, 4.69) is 15.3 Å². The van der Waals surface area contributed by atoms with Crippen LogP contribution in [0, 0.1) is 10.1 Å². The largest absolute Gasteiger partial charge is 0.473 e. The SMILES string of the molecule is CCCOc1nc(CCC)nc(NC)c1[N+](=O)[O-]. The fourth-order valence-electron chi connectivity index (χ4n) is 1.45. The second-order valence-corrected chi connectivity index (χ2v) is 3.75. The van der Waals surface area contributed by atoms with Crippen molar-refractivity contribution in [3.05, 3.63) is 15.9 Å². The number of aryl methyl sites for hydroxylation is 1. The number of nitrogens with zero attached hydrogens (tertiary/aromatic N) is 3. The maximum Gasteiger partial charge on any atom is 0.372 e. The normalized spacial score (nSPS) is 10.2. The van der Waals surface area contributed by atoms with E-state index in [0.29, 0.717) is 18.9 Å². The highest BCUT2D eigenvalue weighted by molar-refractivity contribution is 5.61. The van der Waals surface area contributed by atoms with Crippen LogP contribution in [0.15, 0.2) is 0 Å². The lowest BCUT2D eigenvalue weighted by atomic mass is 10.3. The Kier molecular flexibility index (Phi) is 5.29. The van der Waals surface area contributed by atoms with E-state index in [-0.39, 0.29) is 17.4 Å². The molecule has 7 heteroatoms. The van der Waals surface area contributed by atoms with Crippen molar-refractivity contribution in [2.24, 2.45) is 0 Å². The molecule has 0 fully saturated rings. The second kappa shape index (κ2) is 6.73. The molecule has 1 heterocycles. The van der Waals surface area contributed by atoms with Crippen LogP contribution in [0.5, 0.6) is 5.88 Å². The lowest BCUT2D eigenvalue weighted by molar-refractivity contribution is -0.385. The molecule has 1 aromatic heterocycles. The van der Waals surface area contributed by atoms with E-state index in [1.165, 1.54) is 0 Å². The number of anilines is 1. The Morgan fingerprint density at radius 2 is 2.06 bits per heavy atom. The zero-order chi connectivity index (χ0) is 13.5. The van der Waals surface area contributed by atoms with Crippen molar-refractivity contribution in [2.45, 2.75) is 33.1 Å². The molecule has 0 spiro atoms. The standard InChI is InChI=1S/C11H18N4O3/c1-4-6-8-13-10(12-3)9(15(16)17)11(14-8)18-7-5-2/h4-7H2,1-3H3,(H,12,13,14). The van der Waals surface area contributed by atoms with Crippen molar-refractivity contribution < 1.29 is 9.66 Å². The van der Waals surface area contributed by atoms with Gasteiger partial charge >= 0.3 is 5.69 Å². The third kappa shape index (κ3) is 3.28. The van der Waals surface area contributed by atoms with Gasteiger partial charge in [-0.15, -0.1) is 0 Å². The summed E-state index contributed by atoms with van der Waals surface area (Å²) < 4.78 is 5.34. The van der Waals surface area contributed by atoms with Crippen molar-refractivity contribution in [3.63, 3.8) is 0 Å². The fraction of sp³-hybridized carbons (Fsp3) is 0.636. The molecule has 100 valence electrons. The van der Waals surface area contributed by atoms with E-state index in [1.54, 1.807) is 7.05 Å². The van der Waals surface area contributed by atoms with E-state index < -0.39 is 4.92 Å². The minimum Gasteiger partial charge on any atom is -0.473 e. The summed E-state index contributed by atoms with van der Waals surface area (Å²) in [6.45, 7) is 4.32. The van der Waals surface area contributed by atoms with Crippen molar-refractivity contribution >= 4 is 11.5 Å². The molecule has 0 radical (unpaired) electrons. The van der Waals surface area contributed by atoms with Crippen LogP contribution in [-0.4, -0.2) is 28.5 Å². The summed E-state index contributed by atoms with van der Waals surface area (Å²) >= 11 is 0. The van der Waals surface area contributed by atoms with Gasteiger partial charge in [-0.25, -0.2) is 4.98 Å². The summed E-state index contributed by atoms with van der Waals surface area (Å²) in [5.41, 5.74) is -0.203. The van der Waals surface area contributed by atoms with Crippen LogP contribution in [0.1, 0.15) is 32.5 Å². The smallest absolute Gasteiger partial charge is 0.372 e. The summed E-state index contributed by atoms with van der Waals surface area (Å²) in [5, 5.41) is 13.8. The van der Waals surface area contributed by atoms with Crippen molar-refractivity contribution in [1.29, 1.82) is 0 Å². The quantitative estimate of drug-likeness (QED) is 0.592. The highest BCUT2D eigenvalue weighted by Gasteiger charge is 2.25. The van der Waals surface area contributed by atoms with Gasteiger partial charge in [0.05, 0.1) is 11.5 Å². The van der Waals surface area contributed by atoms with Gasteiger partial charge in [0.25, 0.3) is 5.88 Å². The first-order valence-corrected chi connectivity index (χ1v) is 5.99. The Bertz CT molecular complexity index is 423. The monoisotopic (exact) mass is 254 g/mol. The molecule has 0 aromatic carbocycles. The molecule has 0 atom stereocenters. The third-order valence-electron chi connectivity index (χ3n) is 2.23. The predicted molar refractivity (Wildman–Crippen MR) is 68.0 cm³/mol. The Hall–Kier alpha value is -1.92. The van der Waals surface area contributed by atoms with Gasteiger partial charge in [0.15, 0.2) is 0 Å². The van der Waals surface area contributed by atoms with E-state index in [1.807, 2.05) is 13.8 Å². The van der Waals surface area contributed by atoms with Gasteiger partial charge in [0, 0.05) is 13.5 Å². The molecular formula is C11H18N4O3. The number of hydrogen-bond acceptors (Lipinski definition) is 6. The number of nitro groups is 1. The molecule has 0 bridgehead atoms. The van der Waals surface area contributed by atoms with Gasteiger partial charge in [-0.05, 0) is 12.8 Å². The molecule has 1 aromatic rings. The summed E-state index contributed by atoms with van der Waals surface area (Å²) in [5.74, 6) is 0.799. The maximum atomic E-state index is 11.0. The molecule has 0 aliphatic heterocycles. The van der Waals surface area contributed by atoms with Gasteiger partial charge in [-0.2, -0.15) is 4.98 Å². The van der Waals surface area contributed by atoms with Crippen LogP contribution in [0.3, 0.4) is 0 Å². The summed E-state index contributed by atoms with van der Waals surface area (Å²) in [7, 11) is 1.59. The Balaban J connectivity index is 3.22. The van der Waals surface area contributed by atoms with E-state index in [9.17, 15) is 10.1 Å². The molecular weight excluding hydrogens is 236 g/mol. The molecule has 0 unspecified atom stereocenters. The first-order chi connectivity index (χ1) is 8.63. The van der Waals surface area contributed by atoms with Crippen LogP contribution in [-0.2, 0) is 6.42 Å². The minimum atomic E-state index is -0.521. The van der Waals surface area contributed by atoms with Crippen molar-refractivity contribution in [1.82, 2.24) is 9.97 Å². The number of aromatic nitrogens is 2. The Morgan fingerprint density at radius 1 is 1.33 bits per heavy atom. The zero-order valence-electron chi connectivity index (χ0n) is 10.9. The molecule has 1 N–H and O–H groups in total. The van der Waals surface area contributed by atoms with Crippen LogP contribution >= 0.6 is 0 Å². The summed E-state index contributed by atoms with van der Waals surface area (Å²) in [6, 6.07) is 0. The van der Waals surface area contributed by atoms with E-state index >= 15 is 0 Å². The summed E-state index contributed by atoms with van der Waals surface area (Å²) in [4.78, 5) is 18.8. The van der Waals surface area contributed by atoms with Crippen LogP contribution < -0.4 is 10.1 Å². The van der Waals surface area contributed by atoms with Crippen LogP contribution in [0.2, 0.25) is 0 Å². The van der Waals surface area contributed by atoms with Gasteiger partial charge in [-0.1, -0.05) is 13.8 Å². The van der Waals surface area contributed by atoms with Gasteiger partial charge < -0.3 is 10.1 Å². The topological polar surface area (TPSA) is 90.2 Å². The lowest BCUT2D eigenvalue weighted by Gasteiger charge is -2.09. The Morgan fingerprint density at radius 3 is 2.56 bits per heavy atom. The number of ether oxygens (including phenoxy) is 1. The number of hydrogen-bond donors (Lipinski definition) is 1. The molecule has 0 saturated carbocycles. The number of nitrogens with one attached hydrogen (secondary N) is 1. The molecule has 7 nitrogen and oxygen atoms in total. The van der Waals surface area contributed by atoms with Crippen LogP contribution in [0.25, 0.3) is 0 Å². The molecule has 0 aliphatic rings. The van der Waals surface area contributed by atoms with Gasteiger partial charge in [-0.3, -0.25) is 10.1 Å². The molecule has 0 saturated heterocycles. The molecule has 0 amide bonds. The average molecular weight is 254 g/mol. The van der Waals surface area contributed by atoms with E-state index in [4.69, 9.17) is 4.74 Å². The second-order valence-electron chi connectivity index (χ2n) is 3.75. The van der Waals surface area contributed by atoms with E-state index in [0.717, 1.165) is 12.8 Å². The fourth-order valence-corrected chi connectivity index (χ4v) is 1.45. The minimum absolute atomic E-state index is 0.0460. The predicted octanol–water partition coefficient (Wildman–Crippen LogP) is 2.17. The summed E-state index contributed by atoms with van der Waals surface area (Å²) in [6.07, 6.45) is 2.29. The maximum absolute atomic E-state index is 11.0. The highest BCUT2D eigenvalue weighted by atomic mass is 16.6. The zero-order valence-corrected chi connectivity index (χ0v) is 10.9. The van der Waals surface area contributed by atoms with Gasteiger partial charge in [0.1, 0.15) is 5.82 Å². The van der Waals surface area contributed by atoms with Crippen molar-refractivity contribution in [2.75, 3.05) is 19.0 Å².